The molecule has 2 aromatic carbocycles. The van der Waals surface area contributed by atoms with Crippen molar-refractivity contribution in [1.82, 2.24) is 15.0 Å². The lowest BCUT2D eigenvalue weighted by Gasteiger charge is -2.19. The highest BCUT2D eigenvalue weighted by atomic mass is 32.2. The van der Waals surface area contributed by atoms with Crippen LogP contribution >= 0.6 is 11.8 Å². The van der Waals surface area contributed by atoms with E-state index < -0.39 is 0 Å². The van der Waals surface area contributed by atoms with E-state index in [1.54, 1.807) is 19.1 Å². The van der Waals surface area contributed by atoms with Gasteiger partial charge < -0.3 is 14.2 Å². The first kappa shape index (κ1) is 19.9. The SMILES string of the molecule is COc1ccc(-c2noc(CN(C)C(=O)[C@H](C)Sc3ccc(C)cc3)n2)cc1. The van der Waals surface area contributed by atoms with Gasteiger partial charge in [-0.1, -0.05) is 22.9 Å². The number of aryl methyl sites for hydroxylation is 1. The van der Waals surface area contributed by atoms with Crippen LogP contribution in [0.2, 0.25) is 0 Å². The largest absolute Gasteiger partial charge is 0.497 e. The summed E-state index contributed by atoms with van der Waals surface area (Å²) < 4.78 is 10.5. The minimum atomic E-state index is -0.211. The molecule has 1 atom stereocenters. The van der Waals surface area contributed by atoms with Gasteiger partial charge in [-0.2, -0.15) is 4.98 Å². The molecule has 0 aliphatic rings. The Morgan fingerprint density at radius 3 is 2.50 bits per heavy atom. The molecule has 3 rings (SSSR count). The average Bonchev–Trinajstić information content (AvgIpc) is 3.17. The highest BCUT2D eigenvalue weighted by molar-refractivity contribution is 8.00. The fourth-order valence-electron chi connectivity index (χ4n) is 2.64. The predicted octanol–water partition coefficient (Wildman–Crippen LogP) is 4.19. The van der Waals surface area contributed by atoms with Crippen LogP contribution in [-0.2, 0) is 11.3 Å². The standard InChI is InChI=1S/C21H23N3O3S/c1-14-5-11-18(12-6-14)28-15(2)21(25)24(3)13-19-22-20(23-27-19)16-7-9-17(26-4)10-8-16/h5-12,15H,13H2,1-4H3/t15-/m0/s1. The molecule has 0 fully saturated rings. The second-order valence-electron chi connectivity index (χ2n) is 6.51. The molecule has 6 nitrogen and oxygen atoms in total. The van der Waals surface area contributed by atoms with Gasteiger partial charge in [0.2, 0.25) is 17.6 Å². The predicted molar refractivity (Wildman–Crippen MR) is 109 cm³/mol. The van der Waals surface area contributed by atoms with Crippen LogP contribution in [0.15, 0.2) is 57.9 Å². The first-order valence-electron chi connectivity index (χ1n) is 8.91. The number of hydrogen-bond acceptors (Lipinski definition) is 6. The maximum Gasteiger partial charge on any atom is 0.246 e. The molecular formula is C21H23N3O3S. The number of benzene rings is 2. The van der Waals surface area contributed by atoms with Gasteiger partial charge in [0.25, 0.3) is 0 Å². The van der Waals surface area contributed by atoms with E-state index in [1.165, 1.54) is 17.3 Å². The first-order chi connectivity index (χ1) is 13.5. The van der Waals surface area contributed by atoms with Crippen LogP contribution in [0.5, 0.6) is 5.75 Å². The van der Waals surface area contributed by atoms with E-state index in [-0.39, 0.29) is 17.7 Å². The van der Waals surface area contributed by atoms with Crippen molar-refractivity contribution in [2.24, 2.45) is 0 Å². The van der Waals surface area contributed by atoms with E-state index in [4.69, 9.17) is 9.26 Å². The number of methoxy groups -OCH3 is 1. The zero-order chi connectivity index (χ0) is 20.1. The van der Waals surface area contributed by atoms with Crippen LogP contribution in [0.1, 0.15) is 18.4 Å². The Morgan fingerprint density at radius 1 is 1.18 bits per heavy atom. The molecule has 0 saturated carbocycles. The number of hydrogen-bond donors (Lipinski definition) is 0. The second-order valence-corrected chi connectivity index (χ2v) is 7.92. The Hall–Kier alpha value is -2.80. The first-order valence-corrected chi connectivity index (χ1v) is 9.79. The zero-order valence-electron chi connectivity index (χ0n) is 16.4. The van der Waals surface area contributed by atoms with Crippen molar-refractivity contribution < 1.29 is 14.1 Å². The molecule has 1 aromatic heterocycles. The minimum Gasteiger partial charge on any atom is -0.497 e. The van der Waals surface area contributed by atoms with E-state index in [1.807, 2.05) is 62.4 Å². The number of ether oxygens (including phenoxy) is 1. The van der Waals surface area contributed by atoms with E-state index >= 15 is 0 Å². The van der Waals surface area contributed by atoms with Gasteiger partial charge in [0.15, 0.2) is 0 Å². The molecule has 7 heteroatoms. The number of carbonyl (C=O) groups is 1. The van der Waals surface area contributed by atoms with Gasteiger partial charge in [-0.05, 0) is 50.2 Å². The molecule has 146 valence electrons. The maximum absolute atomic E-state index is 12.7. The lowest BCUT2D eigenvalue weighted by atomic mass is 10.2. The number of carbonyl (C=O) groups excluding carboxylic acids is 1. The third-order valence-corrected chi connectivity index (χ3v) is 5.35. The van der Waals surface area contributed by atoms with Crippen LogP contribution in [0.4, 0.5) is 0 Å². The Kier molecular flexibility index (Phi) is 6.36. The smallest absolute Gasteiger partial charge is 0.246 e. The summed E-state index contributed by atoms with van der Waals surface area (Å²) in [6.07, 6.45) is 0. The molecule has 0 aliphatic carbocycles. The summed E-state index contributed by atoms with van der Waals surface area (Å²) in [5, 5.41) is 3.79. The number of thioether (sulfide) groups is 1. The van der Waals surface area contributed by atoms with Gasteiger partial charge in [0.05, 0.1) is 18.9 Å². The van der Waals surface area contributed by atoms with E-state index in [2.05, 4.69) is 10.1 Å². The van der Waals surface area contributed by atoms with E-state index in [0.29, 0.717) is 11.7 Å². The Bertz CT molecular complexity index is 923. The summed E-state index contributed by atoms with van der Waals surface area (Å²) in [5.74, 6) is 1.66. The third-order valence-electron chi connectivity index (χ3n) is 4.25. The van der Waals surface area contributed by atoms with Crippen molar-refractivity contribution in [3.8, 4) is 17.1 Å². The van der Waals surface area contributed by atoms with Crippen molar-refractivity contribution in [3.63, 3.8) is 0 Å². The highest BCUT2D eigenvalue weighted by Crippen LogP contribution is 2.25. The fraction of sp³-hybridized carbons (Fsp3) is 0.286. The molecule has 0 radical (unpaired) electrons. The molecule has 0 spiro atoms. The Morgan fingerprint density at radius 2 is 1.86 bits per heavy atom. The molecule has 0 N–H and O–H groups in total. The van der Waals surface area contributed by atoms with Gasteiger partial charge in [0.1, 0.15) is 5.75 Å². The number of amides is 1. The van der Waals surface area contributed by atoms with Crippen LogP contribution < -0.4 is 4.74 Å². The maximum atomic E-state index is 12.7. The summed E-state index contributed by atoms with van der Waals surface area (Å²) in [5.41, 5.74) is 2.03. The third kappa shape index (κ3) is 4.92. The fourth-order valence-corrected chi connectivity index (χ4v) is 3.62. The molecule has 0 bridgehead atoms. The molecule has 28 heavy (non-hydrogen) atoms. The summed E-state index contributed by atoms with van der Waals surface area (Å²) >= 11 is 1.54. The molecule has 0 aliphatic heterocycles. The van der Waals surface area contributed by atoms with Crippen LogP contribution in [0.25, 0.3) is 11.4 Å². The monoisotopic (exact) mass is 397 g/mol. The topological polar surface area (TPSA) is 68.5 Å². The minimum absolute atomic E-state index is 0.00905. The Balaban J connectivity index is 1.60. The van der Waals surface area contributed by atoms with Gasteiger partial charge in [-0.3, -0.25) is 4.79 Å². The molecular weight excluding hydrogens is 374 g/mol. The summed E-state index contributed by atoms with van der Waals surface area (Å²) in [7, 11) is 3.36. The van der Waals surface area contributed by atoms with Crippen molar-refractivity contribution in [1.29, 1.82) is 0 Å². The van der Waals surface area contributed by atoms with E-state index in [9.17, 15) is 4.79 Å². The van der Waals surface area contributed by atoms with E-state index in [0.717, 1.165) is 16.2 Å². The Labute approximate surface area is 168 Å². The lowest BCUT2D eigenvalue weighted by Crippen LogP contribution is -2.32. The van der Waals surface area contributed by atoms with Crippen LogP contribution in [-0.4, -0.2) is 40.4 Å². The van der Waals surface area contributed by atoms with Gasteiger partial charge in [0, 0.05) is 17.5 Å². The van der Waals surface area contributed by atoms with Crippen molar-refractivity contribution >= 4 is 17.7 Å². The summed E-state index contributed by atoms with van der Waals surface area (Å²) in [6, 6.07) is 15.6. The number of rotatable bonds is 7. The molecule has 0 unspecified atom stereocenters. The molecule has 3 aromatic rings. The number of nitrogens with zero attached hydrogens (tertiary/aromatic N) is 3. The quantitative estimate of drug-likeness (QED) is 0.557. The van der Waals surface area contributed by atoms with Crippen molar-refractivity contribution in [3.05, 3.63) is 60.0 Å². The molecule has 1 heterocycles. The van der Waals surface area contributed by atoms with Gasteiger partial charge in [-0.25, -0.2) is 0 Å². The normalized spacial score (nSPS) is 11.9. The molecule has 0 saturated heterocycles. The van der Waals surface area contributed by atoms with Crippen molar-refractivity contribution in [2.75, 3.05) is 14.2 Å². The lowest BCUT2D eigenvalue weighted by molar-refractivity contribution is -0.129. The number of aromatic nitrogens is 2. The summed E-state index contributed by atoms with van der Waals surface area (Å²) in [4.78, 5) is 19.7. The molecule has 1 amide bonds. The van der Waals surface area contributed by atoms with Crippen molar-refractivity contribution in [2.45, 2.75) is 30.5 Å². The zero-order valence-corrected chi connectivity index (χ0v) is 17.2. The summed E-state index contributed by atoms with van der Waals surface area (Å²) in [6.45, 7) is 4.21. The van der Waals surface area contributed by atoms with Crippen LogP contribution in [0.3, 0.4) is 0 Å². The van der Waals surface area contributed by atoms with Gasteiger partial charge >= 0.3 is 0 Å². The van der Waals surface area contributed by atoms with Crippen LogP contribution in [0, 0.1) is 6.92 Å². The average molecular weight is 398 g/mol. The highest BCUT2D eigenvalue weighted by Gasteiger charge is 2.21. The second kappa shape index (κ2) is 8.93. The van der Waals surface area contributed by atoms with Gasteiger partial charge in [-0.15, -0.1) is 11.8 Å².